The van der Waals surface area contributed by atoms with E-state index in [1.165, 1.54) is 0 Å². The molecule has 5 N–H and O–H groups in total. The van der Waals surface area contributed by atoms with Crippen LogP contribution >= 0.6 is 11.6 Å². The SMILES string of the molecule is CCC(N)(CC)CNC(=O)CNC(=O)NCc1ccc(Cl)cc1. The molecule has 0 aliphatic carbocycles. The molecule has 0 heterocycles. The number of hydrogen-bond acceptors (Lipinski definition) is 3. The smallest absolute Gasteiger partial charge is 0.315 e. The molecule has 23 heavy (non-hydrogen) atoms. The minimum absolute atomic E-state index is 0.0873. The molecule has 0 atom stereocenters. The van der Waals surface area contributed by atoms with Gasteiger partial charge in [-0.25, -0.2) is 4.79 Å². The number of rotatable bonds is 8. The van der Waals surface area contributed by atoms with E-state index in [1.807, 2.05) is 26.0 Å². The van der Waals surface area contributed by atoms with Crippen molar-refractivity contribution < 1.29 is 9.59 Å². The highest BCUT2D eigenvalue weighted by Gasteiger charge is 2.20. The van der Waals surface area contributed by atoms with E-state index in [4.69, 9.17) is 17.3 Å². The fourth-order valence-electron chi connectivity index (χ4n) is 1.84. The number of halogens is 1. The molecule has 0 radical (unpaired) electrons. The van der Waals surface area contributed by atoms with Crippen molar-refractivity contribution in [2.75, 3.05) is 13.1 Å². The lowest BCUT2D eigenvalue weighted by molar-refractivity contribution is -0.120. The van der Waals surface area contributed by atoms with Crippen molar-refractivity contribution in [1.29, 1.82) is 0 Å². The van der Waals surface area contributed by atoms with E-state index >= 15 is 0 Å². The van der Waals surface area contributed by atoms with Gasteiger partial charge < -0.3 is 21.7 Å². The highest BCUT2D eigenvalue weighted by molar-refractivity contribution is 6.30. The number of carbonyl (C=O) groups is 2. The molecular weight excluding hydrogens is 316 g/mol. The van der Waals surface area contributed by atoms with Crippen LogP contribution in [0.25, 0.3) is 0 Å². The van der Waals surface area contributed by atoms with Crippen LogP contribution in [0.1, 0.15) is 32.3 Å². The quantitative estimate of drug-likeness (QED) is 0.580. The van der Waals surface area contributed by atoms with Crippen LogP contribution in [0.5, 0.6) is 0 Å². The highest BCUT2D eigenvalue weighted by atomic mass is 35.5. The van der Waals surface area contributed by atoms with Crippen molar-refractivity contribution >= 4 is 23.5 Å². The summed E-state index contributed by atoms with van der Waals surface area (Å²) in [5, 5.41) is 8.56. The third-order valence-corrected chi connectivity index (χ3v) is 4.07. The summed E-state index contributed by atoms with van der Waals surface area (Å²) in [6.07, 6.45) is 1.55. The van der Waals surface area contributed by atoms with E-state index in [1.54, 1.807) is 12.1 Å². The molecule has 0 unspecified atom stereocenters. The maximum absolute atomic E-state index is 11.7. The lowest BCUT2D eigenvalue weighted by Crippen LogP contribution is -2.51. The van der Waals surface area contributed by atoms with Crippen LogP contribution < -0.4 is 21.7 Å². The molecule has 7 heteroatoms. The molecule has 128 valence electrons. The fourth-order valence-corrected chi connectivity index (χ4v) is 1.97. The van der Waals surface area contributed by atoms with Crippen LogP contribution in [0, 0.1) is 0 Å². The second-order valence-electron chi connectivity index (χ2n) is 5.51. The van der Waals surface area contributed by atoms with Gasteiger partial charge in [-0.2, -0.15) is 0 Å². The number of amides is 3. The fraction of sp³-hybridized carbons (Fsp3) is 0.500. The average Bonchev–Trinajstić information content (AvgIpc) is 2.57. The summed E-state index contributed by atoms with van der Waals surface area (Å²) in [6.45, 7) is 4.64. The molecule has 0 bridgehead atoms. The lowest BCUT2D eigenvalue weighted by atomic mass is 9.94. The number of hydrogen-bond donors (Lipinski definition) is 4. The normalized spacial score (nSPS) is 11.0. The summed E-state index contributed by atoms with van der Waals surface area (Å²) in [5.41, 5.74) is 6.63. The minimum Gasteiger partial charge on any atom is -0.353 e. The number of benzene rings is 1. The zero-order valence-corrected chi connectivity index (χ0v) is 14.4. The minimum atomic E-state index is -0.403. The molecule has 0 aliphatic rings. The van der Waals surface area contributed by atoms with Gasteiger partial charge in [-0.15, -0.1) is 0 Å². The molecule has 1 aromatic carbocycles. The summed E-state index contributed by atoms with van der Waals surface area (Å²) in [6, 6.07) is 6.76. The Bertz CT molecular complexity index is 515. The van der Waals surface area contributed by atoms with Gasteiger partial charge in [-0.1, -0.05) is 37.6 Å². The van der Waals surface area contributed by atoms with Gasteiger partial charge in [0.2, 0.25) is 5.91 Å². The Morgan fingerprint density at radius 3 is 2.26 bits per heavy atom. The van der Waals surface area contributed by atoms with Crippen molar-refractivity contribution in [2.45, 2.75) is 38.8 Å². The first-order valence-corrected chi connectivity index (χ1v) is 8.08. The second-order valence-corrected chi connectivity index (χ2v) is 5.95. The van der Waals surface area contributed by atoms with Crippen molar-refractivity contribution in [3.8, 4) is 0 Å². The van der Waals surface area contributed by atoms with Gasteiger partial charge in [-0.05, 0) is 30.5 Å². The van der Waals surface area contributed by atoms with Crippen molar-refractivity contribution in [3.05, 3.63) is 34.9 Å². The summed E-state index contributed by atoms with van der Waals surface area (Å²) >= 11 is 5.79. The number of carbonyl (C=O) groups excluding carboxylic acids is 2. The summed E-state index contributed by atoms with van der Waals surface area (Å²) < 4.78 is 0. The van der Waals surface area contributed by atoms with E-state index in [0.717, 1.165) is 18.4 Å². The second kappa shape index (κ2) is 9.37. The predicted molar refractivity (Wildman–Crippen MR) is 92.2 cm³/mol. The average molecular weight is 341 g/mol. The Hall–Kier alpha value is -1.79. The molecule has 0 aliphatic heterocycles. The van der Waals surface area contributed by atoms with Gasteiger partial charge >= 0.3 is 6.03 Å². The first-order valence-electron chi connectivity index (χ1n) is 7.70. The first kappa shape index (κ1) is 19.3. The molecular formula is C16H25ClN4O2. The summed E-state index contributed by atoms with van der Waals surface area (Å²) in [7, 11) is 0. The van der Waals surface area contributed by atoms with Crippen LogP contribution in [0.15, 0.2) is 24.3 Å². The molecule has 0 spiro atoms. The number of nitrogens with two attached hydrogens (primary N) is 1. The maximum atomic E-state index is 11.7. The third-order valence-electron chi connectivity index (χ3n) is 3.82. The maximum Gasteiger partial charge on any atom is 0.315 e. The van der Waals surface area contributed by atoms with E-state index in [-0.39, 0.29) is 12.5 Å². The number of nitrogens with one attached hydrogen (secondary N) is 3. The first-order chi connectivity index (χ1) is 10.9. The molecule has 0 saturated carbocycles. The summed E-state index contributed by atoms with van der Waals surface area (Å²) in [4.78, 5) is 23.4. The van der Waals surface area contributed by atoms with E-state index in [9.17, 15) is 9.59 Å². The third kappa shape index (κ3) is 7.34. The Balaban J connectivity index is 2.24. The van der Waals surface area contributed by atoms with Gasteiger partial charge in [-0.3, -0.25) is 4.79 Å². The van der Waals surface area contributed by atoms with E-state index < -0.39 is 11.6 Å². The van der Waals surface area contributed by atoms with Gasteiger partial charge in [0.25, 0.3) is 0 Å². The van der Waals surface area contributed by atoms with Gasteiger partial charge in [0.05, 0.1) is 6.54 Å². The highest BCUT2D eigenvalue weighted by Crippen LogP contribution is 2.09. The molecule has 0 fully saturated rings. The van der Waals surface area contributed by atoms with Crippen LogP contribution in [0.4, 0.5) is 4.79 Å². The topological polar surface area (TPSA) is 96.2 Å². The van der Waals surface area contributed by atoms with Crippen molar-refractivity contribution in [3.63, 3.8) is 0 Å². The lowest BCUT2D eigenvalue weighted by Gasteiger charge is -2.26. The standard InChI is InChI=1S/C16H25ClN4O2/c1-3-16(18,4-2)11-21-14(22)10-20-15(23)19-9-12-5-7-13(17)8-6-12/h5-8H,3-4,9-11,18H2,1-2H3,(H,21,22)(H2,19,20,23). The van der Waals surface area contributed by atoms with Crippen LogP contribution in [0.3, 0.4) is 0 Å². The molecule has 3 amide bonds. The zero-order chi connectivity index (χ0) is 17.3. The van der Waals surface area contributed by atoms with Crippen molar-refractivity contribution in [1.82, 2.24) is 16.0 Å². The Labute approximate surface area is 142 Å². The number of urea groups is 1. The Kier molecular flexibility index (Phi) is 7.85. The van der Waals surface area contributed by atoms with Crippen molar-refractivity contribution in [2.24, 2.45) is 5.73 Å². The van der Waals surface area contributed by atoms with Crippen LogP contribution in [-0.2, 0) is 11.3 Å². The van der Waals surface area contributed by atoms with E-state index in [0.29, 0.717) is 18.1 Å². The Morgan fingerprint density at radius 1 is 1.09 bits per heavy atom. The summed E-state index contributed by atoms with van der Waals surface area (Å²) in [5.74, 6) is -0.261. The van der Waals surface area contributed by atoms with Gasteiger partial charge in [0.15, 0.2) is 0 Å². The van der Waals surface area contributed by atoms with Crippen LogP contribution in [0.2, 0.25) is 5.02 Å². The van der Waals surface area contributed by atoms with Gasteiger partial charge in [0.1, 0.15) is 0 Å². The molecule has 6 nitrogen and oxygen atoms in total. The Morgan fingerprint density at radius 2 is 1.70 bits per heavy atom. The largest absolute Gasteiger partial charge is 0.353 e. The van der Waals surface area contributed by atoms with Crippen LogP contribution in [-0.4, -0.2) is 30.6 Å². The van der Waals surface area contributed by atoms with Gasteiger partial charge in [0, 0.05) is 23.7 Å². The van der Waals surface area contributed by atoms with E-state index in [2.05, 4.69) is 16.0 Å². The predicted octanol–water partition coefficient (Wildman–Crippen LogP) is 1.77. The molecule has 0 aromatic heterocycles. The molecule has 1 rings (SSSR count). The molecule has 0 saturated heterocycles. The zero-order valence-electron chi connectivity index (χ0n) is 13.6. The monoisotopic (exact) mass is 340 g/mol. The molecule has 1 aromatic rings.